The molecular formula is C19H27N3O3. The Labute approximate surface area is 149 Å². The van der Waals surface area contributed by atoms with Gasteiger partial charge in [0.1, 0.15) is 5.60 Å². The maximum atomic E-state index is 12.5. The van der Waals surface area contributed by atoms with Crippen molar-refractivity contribution in [2.75, 3.05) is 25.5 Å². The third-order valence-corrected chi connectivity index (χ3v) is 3.90. The predicted molar refractivity (Wildman–Crippen MR) is 99.6 cm³/mol. The Morgan fingerprint density at radius 1 is 1.32 bits per heavy atom. The number of nitrogens with zero attached hydrogens (tertiary/aromatic N) is 3. The van der Waals surface area contributed by atoms with Gasteiger partial charge in [-0.2, -0.15) is 4.99 Å². The molecule has 6 nitrogen and oxygen atoms in total. The molecule has 0 fully saturated rings. The van der Waals surface area contributed by atoms with Crippen LogP contribution in [-0.2, 0) is 4.74 Å². The van der Waals surface area contributed by atoms with Crippen LogP contribution in [0.1, 0.15) is 56.0 Å². The Morgan fingerprint density at radius 3 is 2.60 bits per heavy atom. The number of carbonyl (C=O) groups is 2. The second-order valence-electron chi connectivity index (χ2n) is 7.61. The van der Waals surface area contributed by atoms with Crippen LogP contribution in [0.25, 0.3) is 0 Å². The van der Waals surface area contributed by atoms with E-state index < -0.39 is 5.60 Å². The first-order valence-corrected chi connectivity index (χ1v) is 8.48. The van der Waals surface area contributed by atoms with Gasteiger partial charge in [0.25, 0.3) is 5.91 Å². The van der Waals surface area contributed by atoms with Gasteiger partial charge in [0.2, 0.25) is 0 Å². The molecule has 136 valence electrons. The summed E-state index contributed by atoms with van der Waals surface area (Å²) < 4.78 is 5.50. The highest BCUT2D eigenvalue weighted by Gasteiger charge is 2.30. The second-order valence-corrected chi connectivity index (χ2v) is 7.61. The quantitative estimate of drug-likeness (QED) is 0.606. The van der Waals surface area contributed by atoms with Crippen LogP contribution in [0.5, 0.6) is 0 Å². The zero-order chi connectivity index (χ0) is 18.8. The Morgan fingerprint density at radius 2 is 2.00 bits per heavy atom. The average molecular weight is 345 g/mol. The molecule has 1 atom stereocenters. The molecule has 0 aliphatic carbocycles. The molecule has 1 heterocycles. The Kier molecular flexibility index (Phi) is 5.50. The first kappa shape index (κ1) is 19.0. The summed E-state index contributed by atoms with van der Waals surface area (Å²) in [6.45, 7) is 8.26. The van der Waals surface area contributed by atoms with Gasteiger partial charge >= 0.3 is 6.09 Å². The van der Waals surface area contributed by atoms with Crippen molar-refractivity contribution in [1.82, 2.24) is 4.90 Å². The second kappa shape index (κ2) is 7.25. The lowest BCUT2D eigenvalue weighted by Crippen LogP contribution is -2.40. The summed E-state index contributed by atoms with van der Waals surface area (Å²) in [5, 5.41) is 0. The lowest BCUT2D eigenvalue weighted by molar-refractivity contribution is 0.0577. The summed E-state index contributed by atoms with van der Waals surface area (Å²) in [7, 11) is 3.62. The molecule has 0 saturated heterocycles. The zero-order valence-electron chi connectivity index (χ0n) is 15.9. The number of benzene rings is 1. The van der Waals surface area contributed by atoms with Crippen molar-refractivity contribution in [3.63, 3.8) is 0 Å². The van der Waals surface area contributed by atoms with Crippen molar-refractivity contribution in [3.05, 3.63) is 29.3 Å². The Bertz CT molecular complexity index is 690. The number of anilines is 1. The van der Waals surface area contributed by atoms with Crippen LogP contribution in [-0.4, -0.2) is 49.5 Å². The maximum absolute atomic E-state index is 12.5. The molecule has 6 heteroatoms. The molecule has 0 spiro atoms. The van der Waals surface area contributed by atoms with Crippen LogP contribution in [0.15, 0.2) is 23.2 Å². The standard InChI is InChI=1S/C19H27N3O3/c1-13-9-10-22(18(24)25-19(2,3)4)16-8-7-14(11-15(13)16)17(23)20-12-21(5)6/h7-8,11-13H,9-10H2,1-6H3/b20-12+. The molecule has 1 aromatic carbocycles. The predicted octanol–water partition coefficient (Wildman–Crippen LogP) is 3.67. The van der Waals surface area contributed by atoms with Gasteiger partial charge in [-0.15, -0.1) is 0 Å². The minimum absolute atomic E-state index is 0.263. The van der Waals surface area contributed by atoms with E-state index in [-0.39, 0.29) is 17.9 Å². The minimum atomic E-state index is -0.545. The molecule has 2 amide bonds. The highest BCUT2D eigenvalue weighted by Crippen LogP contribution is 2.36. The molecule has 1 unspecified atom stereocenters. The van der Waals surface area contributed by atoms with E-state index in [2.05, 4.69) is 11.9 Å². The summed E-state index contributed by atoms with van der Waals surface area (Å²) >= 11 is 0. The van der Waals surface area contributed by atoms with Gasteiger partial charge in [-0.05, 0) is 56.9 Å². The molecule has 1 aliphatic heterocycles. The Balaban J connectivity index is 2.31. The van der Waals surface area contributed by atoms with Crippen LogP contribution in [0.2, 0.25) is 0 Å². The van der Waals surface area contributed by atoms with E-state index in [1.165, 1.54) is 6.34 Å². The topological polar surface area (TPSA) is 62.2 Å². The molecule has 0 saturated carbocycles. The van der Waals surface area contributed by atoms with Gasteiger partial charge in [-0.3, -0.25) is 9.69 Å². The van der Waals surface area contributed by atoms with E-state index in [0.717, 1.165) is 17.7 Å². The minimum Gasteiger partial charge on any atom is -0.443 e. The highest BCUT2D eigenvalue weighted by molar-refractivity contribution is 6.00. The van der Waals surface area contributed by atoms with Crippen molar-refractivity contribution >= 4 is 24.0 Å². The number of hydrogen-bond acceptors (Lipinski definition) is 3. The van der Waals surface area contributed by atoms with Gasteiger partial charge in [0, 0.05) is 26.2 Å². The highest BCUT2D eigenvalue weighted by atomic mass is 16.6. The first-order chi connectivity index (χ1) is 11.6. The number of ether oxygens (including phenoxy) is 1. The number of fused-ring (bicyclic) bond motifs is 1. The van der Waals surface area contributed by atoms with Gasteiger partial charge in [0.05, 0.1) is 12.0 Å². The molecule has 0 bridgehead atoms. The fourth-order valence-electron chi connectivity index (χ4n) is 2.68. The van der Waals surface area contributed by atoms with Crippen LogP contribution >= 0.6 is 0 Å². The lowest BCUT2D eigenvalue weighted by Gasteiger charge is -2.34. The SMILES string of the molecule is CC1CCN(C(=O)OC(C)(C)C)c2ccc(C(=O)/N=C/N(C)C)cc21. The summed E-state index contributed by atoms with van der Waals surface area (Å²) in [6, 6.07) is 5.36. The van der Waals surface area contributed by atoms with E-state index in [1.54, 1.807) is 15.9 Å². The number of carbonyl (C=O) groups excluding carboxylic acids is 2. The number of hydrogen-bond donors (Lipinski definition) is 0. The van der Waals surface area contributed by atoms with Crippen LogP contribution < -0.4 is 4.90 Å². The molecule has 1 aromatic rings. The van der Waals surface area contributed by atoms with E-state index >= 15 is 0 Å². The maximum Gasteiger partial charge on any atom is 0.414 e. The van der Waals surface area contributed by atoms with Crippen LogP contribution in [0, 0.1) is 0 Å². The number of amides is 2. The van der Waals surface area contributed by atoms with Crippen molar-refractivity contribution in [2.24, 2.45) is 4.99 Å². The molecule has 0 aromatic heterocycles. The normalized spacial score (nSPS) is 17.4. The van der Waals surface area contributed by atoms with Crippen molar-refractivity contribution in [1.29, 1.82) is 0 Å². The monoisotopic (exact) mass is 345 g/mol. The number of rotatable bonds is 2. The van der Waals surface area contributed by atoms with Crippen molar-refractivity contribution in [2.45, 2.75) is 45.6 Å². The summed E-state index contributed by atoms with van der Waals surface area (Å²) in [5.41, 5.74) is 1.76. The van der Waals surface area contributed by atoms with Crippen molar-refractivity contribution < 1.29 is 14.3 Å². The molecule has 0 radical (unpaired) electrons. The zero-order valence-corrected chi connectivity index (χ0v) is 15.9. The van der Waals surface area contributed by atoms with E-state index in [0.29, 0.717) is 12.1 Å². The fraction of sp³-hybridized carbons (Fsp3) is 0.526. The first-order valence-electron chi connectivity index (χ1n) is 8.48. The molecule has 2 rings (SSSR count). The van der Waals surface area contributed by atoms with Gasteiger partial charge in [-0.25, -0.2) is 4.79 Å². The van der Waals surface area contributed by atoms with Crippen LogP contribution in [0.3, 0.4) is 0 Å². The third-order valence-electron chi connectivity index (χ3n) is 3.90. The van der Waals surface area contributed by atoms with Gasteiger partial charge in [-0.1, -0.05) is 6.92 Å². The van der Waals surface area contributed by atoms with E-state index in [9.17, 15) is 9.59 Å². The number of aliphatic imine (C=N–C) groups is 1. The molecule has 1 aliphatic rings. The summed E-state index contributed by atoms with van der Waals surface area (Å²) in [4.78, 5) is 32.0. The van der Waals surface area contributed by atoms with Crippen molar-refractivity contribution in [3.8, 4) is 0 Å². The average Bonchev–Trinajstić information content (AvgIpc) is 2.51. The Hall–Kier alpha value is -2.37. The molecular weight excluding hydrogens is 318 g/mol. The lowest BCUT2D eigenvalue weighted by atomic mass is 9.90. The molecule has 0 N–H and O–H groups in total. The molecule has 25 heavy (non-hydrogen) atoms. The third kappa shape index (κ3) is 4.81. The smallest absolute Gasteiger partial charge is 0.414 e. The van der Waals surface area contributed by atoms with E-state index in [1.807, 2.05) is 47.0 Å². The van der Waals surface area contributed by atoms with E-state index in [4.69, 9.17) is 4.74 Å². The fourth-order valence-corrected chi connectivity index (χ4v) is 2.68. The largest absolute Gasteiger partial charge is 0.443 e. The van der Waals surface area contributed by atoms with Crippen LogP contribution in [0.4, 0.5) is 10.5 Å². The summed E-state index contributed by atoms with van der Waals surface area (Å²) in [5.74, 6) is -0.0302. The summed E-state index contributed by atoms with van der Waals surface area (Å²) in [6.07, 6.45) is 1.95. The van der Waals surface area contributed by atoms with Gasteiger partial charge < -0.3 is 9.64 Å². The van der Waals surface area contributed by atoms with Gasteiger partial charge in [0.15, 0.2) is 0 Å².